The van der Waals surface area contributed by atoms with Crippen LogP contribution in [0.25, 0.3) is 28.0 Å². The van der Waals surface area contributed by atoms with Crippen LogP contribution in [0, 0.1) is 0 Å². The Hall–Kier alpha value is -4.43. The Morgan fingerprint density at radius 3 is 2.58 bits per heavy atom. The van der Waals surface area contributed by atoms with Gasteiger partial charge in [-0.2, -0.15) is 0 Å². The second kappa shape index (κ2) is 10.5. The van der Waals surface area contributed by atoms with Crippen molar-refractivity contribution in [3.05, 3.63) is 96.7 Å². The van der Waals surface area contributed by atoms with Gasteiger partial charge in [0.15, 0.2) is 0 Å². The van der Waals surface area contributed by atoms with Crippen LogP contribution in [-0.2, 0) is 6.54 Å². The van der Waals surface area contributed by atoms with Gasteiger partial charge in [0.2, 0.25) is 0 Å². The molecule has 2 aromatic carbocycles. The average Bonchev–Trinajstić information content (AvgIpc) is 3.65. The van der Waals surface area contributed by atoms with Gasteiger partial charge >= 0.3 is 0 Å². The summed E-state index contributed by atoms with van der Waals surface area (Å²) in [5.74, 6) is -0.157. The topological polar surface area (TPSA) is 114 Å². The first-order valence-corrected chi connectivity index (χ1v) is 13.1. The molecule has 1 fully saturated rings. The number of anilines is 1. The van der Waals surface area contributed by atoms with Gasteiger partial charge in [0.05, 0.1) is 17.6 Å². The number of hydrogen-bond donors (Lipinski definition) is 4. The molecule has 1 saturated carbocycles. The van der Waals surface area contributed by atoms with Crippen LogP contribution in [0.5, 0.6) is 0 Å². The summed E-state index contributed by atoms with van der Waals surface area (Å²) in [6, 6.07) is 20.8. The van der Waals surface area contributed by atoms with E-state index in [0.717, 1.165) is 64.9 Å². The number of aromatic amines is 1. The van der Waals surface area contributed by atoms with Crippen molar-refractivity contribution in [2.75, 3.05) is 5.32 Å². The lowest BCUT2D eigenvalue weighted by Crippen LogP contribution is -2.33. The third-order valence-electron chi connectivity index (χ3n) is 7.30. The summed E-state index contributed by atoms with van der Waals surface area (Å²) in [5, 5.41) is 7.70. The maximum atomic E-state index is 13.5. The Morgan fingerprint density at radius 2 is 1.84 bits per heavy atom. The highest BCUT2D eigenvalue weighted by atomic mass is 16.1. The highest BCUT2D eigenvalue weighted by Gasteiger charge is 2.23. The number of aromatic nitrogens is 4. The Kier molecular flexibility index (Phi) is 6.62. The molecule has 0 bridgehead atoms. The zero-order valence-electron chi connectivity index (χ0n) is 21.1. The molecular formula is C30H31N7O. The fourth-order valence-corrected chi connectivity index (χ4v) is 5.12. The summed E-state index contributed by atoms with van der Waals surface area (Å²) in [6.45, 7) is 0.418. The lowest BCUT2D eigenvalue weighted by atomic mass is 9.91. The smallest absolute Gasteiger partial charge is 0.255 e. The SMILES string of the molecule is N[C@H]1CC[C@H](Nc2c(C(=O)NCc3ccc(-n4ccnc4)cc3)cnc3[nH]c(-c4ccccc4)cc23)CC1. The molecule has 0 unspecified atom stereocenters. The van der Waals surface area contributed by atoms with Crippen molar-refractivity contribution in [2.24, 2.45) is 5.73 Å². The minimum absolute atomic E-state index is 0.157. The first-order chi connectivity index (χ1) is 18.6. The molecule has 5 N–H and O–H groups in total. The molecule has 1 amide bonds. The Bertz CT molecular complexity index is 1520. The van der Waals surface area contributed by atoms with Gasteiger partial charge in [-0.15, -0.1) is 0 Å². The summed E-state index contributed by atoms with van der Waals surface area (Å²) in [4.78, 5) is 25.6. The molecule has 6 rings (SSSR count). The van der Waals surface area contributed by atoms with E-state index in [9.17, 15) is 4.79 Å². The number of amides is 1. The van der Waals surface area contributed by atoms with E-state index in [2.05, 4.69) is 43.8 Å². The largest absolute Gasteiger partial charge is 0.381 e. The van der Waals surface area contributed by atoms with Crippen LogP contribution in [0.1, 0.15) is 41.6 Å². The molecule has 3 aromatic heterocycles. The Balaban J connectivity index is 1.27. The van der Waals surface area contributed by atoms with Crippen LogP contribution in [-0.4, -0.2) is 37.5 Å². The number of nitrogens with one attached hydrogen (secondary N) is 3. The maximum absolute atomic E-state index is 13.5. The van der Waals surface area contributed by atoms with Crippen LogP contribution in [0.2, 0.25) is 0 Å². The number of H-pyrrole nitrogens is 1. The Morgan fingerprint density at radius 1 is 1.05 bits per heavy atom. The number of carbonyl (C=O) groups excluding carboxylic acids is 1. The van der Waals surface area contributed by atoms with Crippen molar-refractivity contribution < 1.29 is 4.79 Å². The fourth-order valence-electron chi connectivity index (χ4n) is 5.12. The molecule has 0 atom stereocenters. The molecule has 3 heterocycles. The Labute approximate surface area is 221 Å². The van der Waals surface area contributed by atoms with Gasteiger partial charge < -0.3 is 25.9 Å². The molecule has 1 aliphatic rings. The van der Waals surface area contributed by atoms with Crippen molar-refractivity contribution in [1.29, 1.82) is 0 Å². The summed E-state index contributed by atoms with van der Waals surface area (Å²) in [6.07, 6.45) is 11.0. The molecule has 0 radical (unpaired) electrons. The second-order valence-electron chi connectivity index (χ2n) is 9.93. The van der Waals surface area contributed by atoms with E-state index in [1.165, 1.54) is 0 Å². The number of pyridine rings is 1. The monoisotopic (exact) mass is 505 g/mol. The molecule has 38 heavy (non-hydrogen) atoms. The average molecular weight is 506 g/mol. The molecule has 0 spiro atoms. The first kappa shape index (κ1) is 23.9. The predicted octanol–water partition coefficient (Wildman–Crippen LogP) is 5.03. The van der Waals surface area contributed by atoms with Crippen LogP contribution in [0.3, 0.4) is 0 Å². The van der Waals surface area contributed by atoms with Gasteiger partial charge in [-0.1, -0.05) is 42.5 Å². The van der Waals surface area contributed by atoms with Crippen molar-refractivity contribution in [2.45, 2.75) is 44.3 Å². The van der Waals surface area contributed by atoms with Gasteiger partial charge in [0.25, 0.3) is 5.91 Å². The van der Waals surface area contributed by atoms with Crippen molar-refractivity contribution in [3.63, 3.8) is 0 Å². The molecule has 8 nitrogen and oxygen atoms in total. The maximum Gasteiger partial charge on any atom is 0.255 e. The predicted molar refractivity (Wildman–Crippen MR) is 150 cm³/mol. The highest BCUT2D eigenvalue weighted by molar-refractivity contribution is 6.07. The summed E-state index contributed by atoms with van der Waals surface area (Å²) >= 11 is 0. The lowest BCUT2D eigenvalue weighted by molar-refractivity contribution is 0.0951. The number of imidazole rings is 1. The van der Waals surface area contributed by atoms with E-state index in [1.54, 1.807) is 18.7 Å². The fraction of sp³-hybridized carbons (Fsp3) is 0.233. The first-order valence-electron chi connectivity index (χ1n) is 13.1. The molecule has 0 saturated heterocycles. The second-order valence-corrected chi connectivity index (χ2v) is 9.93. The van der Waals surface area contributed by atoms with Gasteiger partial charge in [-0.25, -0.2) is 9.97 Å². The third kappa shape index (κ3) is 5.03. The number of carbonyl (C=O) groups is 1. The number of benzene rings is 2. The van der Waals surface area contributed by atoms with Gasteiger partial charge in [-0.05, 0) is 55.0 Å². The standard InChI is InChI=1S/C30H31N7O/c31-22-8-10-23(11-9-22)35-28-25-16-27(21-4-2-1-3-5-21)36-29(25)33-18-26(28)30(38)34-17-20-6-12-24(13-7-20)37-15-14-32-19-37/h1-7,12-16,18-19,22-23H,8-11,17,31H2,(H,34,38)(H2,33,35,36)/t22-,23-. The molecular weight excluding hydrogens is 474 g/mol. The summed E-state index contributed by atoms with van der Waals surface area (Å²) in [5.41, 5.74) is 12.3. The van der Waals surface area contributed by atoms with Gasteiger partial charge in [0, 0.05) is 54.0 Å². The van der Waals surface area contributed by atoms with E-state index < -0.39 is 0 Å². The third-order valence-corrected chi connectivity index (χ3v) is 7.30. The van der Waals surface area contributed by atoms with Crippen LogP contribution in [0.15, 0.2) is 85.6 Å². The normalized spacial score (nSPS) is 17.4. The zero-order valence-corrected chi connectivity index (χ0v) is 21.1. The number of fused-ring (bicyclic) bond motifs is 1. The summed E-state index contributed by atoms with van der Waals surface area (Å²) < 4.78 is 1.94. The van der Waals surface area contributed by atoms with Crippen LogP contribution in [0.4, 0.5) is 5.69 Å². The number of rotatable bonds is 7. The van der Waals surface area contributed by atoms with E-state index in [-0.39, 0.29) is 18.0 Å². The van der Waals surface area contributed by atoms with Crippen molar-refractivity contribution >= 4 is 22.6 Å². The number of nitrogens with zero attached hydrogens (tertiary/aromatic N) is 3. The number of hydrogen-bond acceptors (Lipinski definition) is 5. The molecule has 5 aromatic rings. The quantitative estimate of drug-likeness (QED) is 0.248. The van der Waals surface area contributed by atoms with Crippen molar-refractivity contribution in [1.82, 2.24) is 24.8 Å². The summed E-state index contributed by atoms with van der Waals surface area (Å²) in [7, 11) is 0. The number of nitrogens with two attached hydrogens (primary N) is 1. The van der Waals surface area contributed by atoms with E-state index in [4.69, 9.17) is 5.73 Å². The minimum atomic E-state index is -0.157. The van der Waals surface area contributed by atoms with Gasteiger partial charge in [0.1, 0.15) is 5.65 Å². The van der Waals surface area contributed by atoms with Crippen LogP contribution < -0.4 is 16.4 Å². The van der Waals surface area contributed by atoms with Gasteiger partial charge in [-0.3, -0.25) is 4.79 Å². The highest BCUT2D eigenvalue weighted by Crippen LogP contribution is 2.33. The van der Waals surface area contributed by atoms with Crippen LogP contribution >= 0.6 is 0 Å². The molecule has 192 valence electrons. The zero-order chi connectivity index (χ0) is 25.9. The molecule has 0 aliphatic heterocycles. The van der Waals surface area contributed by atoms with E-state index in [1.807, 2.05) is 53.2 Å². The lowest BCUT2D eigenvalue weighted by Gasteiger charge is -2.28. The molecule has 8 heteroatoms. The van der Waals surface area contributed by atoms with E-state index >= 15 is 0 Å². The molecule has 1 aliphatic carbocycles. The van der Waals surface area contributed by atoms with E-state index in [0.29, 0.717) is 12.1 Å². The minimum Gasteiger partial charge on any atom is -0.381 e. The van der Waals surface area contributed by atoms with Crippen molar-refractivity contribution in [3.8, 4) is 16.9 Å².